The Morgan fingerprint density at radius 3 is 2.90 bits per heavy atom. The topological polar surface area (TPSA) is 37.8 Å². The fraction of sp³-hybridized carbons (Fsp3) is 0.125. The minimum absolute atomic E-state index is 0.776. The number of anilines is 1. The molecule has 2 heterocycles. The predicted octanol–water partition coefficient (Wildman–Crippen LogP) is 4.31. The zero-order chi connectivity index (χ0) is 13.9. The molecule has 4 heteroatoms. The normalized spacial score (nSPS) is 10.7. The number of aryl methyl sites for hydroxylation is 1. The van der Waals surface area contributed by atoms with E-state index in [0.717, 1.165) is 27.7 Å². The highest BCUT2D eigenvalue weighted by Crippen LogP contribution is 2.22. The molecule has 2 aromatic heterocycles. The van der Waals surface area contributed by atoms with E-state index < -0.39 is 0 Å². The van der Waals surface area contributed by atoms with E-state index in [-0.39, 0.29) is 0 Å². The van der Waals surface area contributed by atoms with Crippen LogP contribution in [-0.2, 0) is 6.54 Å². The van der Waals surface area contributed by atoms with E-state index in [0.29, 0.717) is 0 Å². The third-order valence-electron chi connectivity index (χ3n) is 3.11. The number of nitrogens with one attached hydrogen (secondary N) is 1. The molecule has 1 N–H and O–H groups in total. The molecular weight excluding hydrogens is 314 g/mol. The van der Waals surface area contributed by atoms with E-state index in [1.807, 2.05) is 12.1 Å². The molecule has 100 valence electrons. The molecule has 0 saturated heterocycles. The largest absolute Gasteiger partial charge is 0.379 e. The van der Waals surface area contributed by atoms with Gasteiger partial charge < -0.3 is 5.32 Å². The lowest BCUT2D eigenvalue weighted by molar-refractivity contribution is 1.14. The van der Waals surface area contributed by atoms with Crippen molar-refractivity contribution in [3.63, 3.8) is 0 Å². The van der Waals surface area contributed by atoms with Gasteiger partial charge in [0.25, 0.3) is 0 Å². The van der Waals surface area contributed by atoms with Gasteiger partial charge in [0.05, 0.1) is 11.2 Å². The van der Waals surface area contributed by atoms with E-state index in [9.17, 15) is 0 Å². The molecule has 1 aromatic carbocycles. The van der Waals surface area contributed by atoms with Crippen LogP contribution < -0.4 is 5.32 Å². The van der Waals surface area contributed by atoms with Crippen molar-refractivity contribution in [2.45, 2.75) is 13.5 Å². The van der Waals surface area contributed by atoms with E-state index in [4.69, 9.17) is 0 Å². The minimum atomic E-state index is 0.776. The Morgan fingerprint density at radius 2 is 2.05 bits per heavy atom. The summed E-state index contributed by atoms with van der Waals surface area (Å²) in [6.07, 6.45) is 3.59. The van der Waals surface area contributed by atoms with Crippen LogP contribution in [0.1, 0.15) is 11.1 Å². The number of benzene rings is 1. The molecule has 0 spiro atoms. The van der Waals surface area contributed by atoms with Gasteiger partial charge in [-0.25, -0.2) is 0 Å². The van der Waals surface area contributed by atoms with E-state index in [1.165, 1.54) is 11.1 Å². The second-order valence-corrected chi connectivity index (χ2v) is 5.64. The summed E-state index contributed by atoms with van der Waals surface area (Å²) in [5, 5.41) is 3.43. The smallest absolute Gasteiger partial charge is 0.112 e. The summed E-state index contributed by atoms with van der Waals surface area (Å²) in [5.41, 5.74) is 5.30. The Bertz CT molecular complexity index is 756. The highest BCUT2D eigenvalue weighted by atomic mass is 79.9. The number of rotatable bonds is 3. The van der Waals surface area contributed by atoms with Crippen LogP contribution in [0.2, 0.25) is 0 Å². The van der Waals surface area contributed by atoms with Crippen molar-refractivity contribution in [3.05, 3.63) is 64.4 Å². The molecule has 0 bridgehead atoms. The number of hydrogen-bond donors (Lipinski definition) is 1. The Balaban J connectivity index is 1.87. The van der Waals surface area contributed by atoms with E-state index in [2.05, 4.69) is 62.4 Å². The standard InChI is InChI=1S/C16H14BrN3/c1-11-3-2-4-12(7-11)9-19-14-5-6-18-15-8-13(17)10-20-16(14)15/h2-8,10H,9H2,1H3,(H,18,19). The van der Waals surface area contributed by atoms with Gasteiger partial charge >= 0.3 is 0 Å². The summed E-state index contributed by atoms with van der Waals surface area (Å²) in [6, 6.07) is 12.4. The quantitative estimate of drug-likeness (QED) is 0.778. The highest BCUT2D eigenvalue weighted by Gasteiger charge is 2.04. The van der Waals surface area contributed by atoms with Crippen LogP contribution in [0.5, 0.6) is 0 Å². The van der Waals surface area contributed by atoms with Crippen LogP contribution in [0.3, 0.4) is 0 Å². The van der Waals surface area contributed by atoms with Crippen LogP contribution in [-0.4, -0.2) is 9.97 Å². The number of halogens is 1. The van der Waals surface area contributed by atoms with Gasteiger partial charge in [0, 0.05) is 23.4 Å². The number of aromatic nitrogens is 2. The Labute approximate surface area is 126 Å². The molecule has 3 nitrogen and oxygen atoms in total. The van der Waals surface area contributed by atoms with Crippen molar-refractivity contribution in [2.24, 2.45) is 0 Å². The predicted molar refractivity (Wildman–Crippen MR) is 85.7 cm³/mol. The van der Waals surface area contributed by atoms with E-state index >= 15 is 0 Å². The van der Waals surface area contributed by atoms with Gasteiger partial charge in [0.1, 0.15) is 5.52 Å². The van der Waals surface area contributed by atoms with Gasteiger partial charge in [-0.15, -0.1) is 0 Å². The number of hydrogen-bond acceptors (Lipinski definition) is 3. The van der Waals surface area contributed by atoms with Gasteiger partial charge in [-0.05, 0) is 40.5 Å². The molecule has 0 radical (unpaired) electrons. The number of fused-ring (bicyclic) bond motifs is 1. The summed E-state index contributed by atoms with van der Waals surface area (Å²) >= 11 is 3.42. The van der Waals surface area contributed by atoms with Gasteiger partial charge in [-0.1, -0.05) is 29.8 Å². The average Bonchev–Trinajstić information content (AvgIpc) is 2.44. The van der Waals surface area contributed by atoms with Crippen molar-refractivity contribution in [3.8, 4) is 0 Å². The maximum absolute atomic E-state index is 4.44. The highest BCUT2D eigenvalue weighted by molar-refractivity contribution is 9.10. The minimum Gasteiger partial charge on any atom is -0.379 e. The SMILES string of the molecule is Cc1cccc(CNc2ccnc3cc(Br)cnc23)c1. The first kappa shape index (κ1) is 13.1. The van der Waals surface area contributed by atoms with Gasteiger partial charge in [0.15, 0.2) is 0 Å². The molecule has 0 saturated carbocycles. The Kier molecular flexibility index (Phi) is 3.65. The van der Waals surface area contributed by atoms with Crippen LogP contribution in [0.25, 0.3) is 11.0 Å². The maximum Gasteiger partial charge on any atom is 0.112 e. The van der Waals surface area contributed by atoms with Crippen LogP contribution in [0.4, 0.5) is 5.69 Å². The lowest BCUT2D eigenvalue weighted by Crippen LogP contribution is -2.01. The number of nitrogens with zero attached hydrogens (tertiary/aromatic N) is 2. The molecule has 0 aliphatic heterocycles. The summed E-state index contributed by atoms with van der Waals surface area (Å²) in [4.78, 5) is 8.78. The second kappa shape index (κ2) is 5.59. The first-order valence-corrected chi connectivity index (χ1v) is 7.21. The fourth-order valence-corrected chi connectivity index (χ4v) is 2.49. The third kappa shape index (κ3) is 2.80. The Morgan fingerprint density at radius 1 is 1.15 bits per heavy atom. The van der Waals surface area contributed by atoms with Crippen molar-refractivity contribution in [2.75, 3.05) is 5.32 Å². The first-order chi connectivity index (χ1) is 9.72. The molecule has 0 unspecified atom stereocenters. The van der Waals surface area contributed by atoms with Crippen LogP contribution in [0, 0.1) is 6.92 Å². The third-order valence-corrected chi connectivity index (χ3v) is 3.54. The lowest BCUT2D eigenvalue weighted by atomic mass is 10.1. The maximum atomic E-state index is 4.44. The summed E-state index contributed by atoms with van der Waals surface area (Å²) in [6.45, 7) is 2.88. The summed E-state index contributed by atoms with van der Waals surface area (Å²) in [5.74, 6) is 0. The monoisotopic (exact) mass is 327 g/mol. The fourth-order valence-electron chi connectivity index (χ4n) is 2.17. The van der Waals surface area contributed by atoms with Crippen molar-refractivity contribution in [1.82, 2.24) is 9.97 Å². The Hall–Kier alpha value is -1.94. The molecule has 0 aliphatic rings. The molecule has 0 aliphatic carbocycles. The zero-order valence-corrected chi connectivity index (χ0v) is 12.7. The van der Waals surface area contributed by atoms with Gasteiger partial charge in [0.2, 0.25) is 0 Å². The van der Waals surface area contributed by atoms with Gasteiger partial charge in [-0.2, -0.15) is 0 Å². The van der Waals surface area contributed by atoms with Crippen molar-refractivity contribution >= 4 is 32.7 Å². The lowest BCUT2D eigenvalue weighted by Gasteiger charge is -2.09. The van der Waals surface area contributed by atoms with E-state index in [1.54, 1.807) is 12.4 Å². The zero-order valence-electron chi connectivity index (χ0n) is 11.1. The molecule has 0 atom stereocenters. The molecular formula is C16H14BrN3. The van der Waals surface area contributed by atoms with Crippen LogP contribution >= 0.6 is 15.9 Å². The van der Waals surface area contributed by atoms with Crippen molar-refractivity contribution in [1.29, 1.82) is 0 Å². The molecule has 3 aromatic rings. The number of pyridine rings is 2. The average molecular weight is 328 g/mol. The summed E-state index contributed by atoms with van der Waals surface area (Å²) < 4.78 is 0.938. The van der Waals surface area contributed by atoms with Crippen LogP contribution in [0.15, 0.2) is 53.3 Å². The van der Waals surface area contributed by atoms with Gasteiger partial charge in [-0.3, -0.25) is 9.97 Å². The second-order valence-electron chi connectivity index (χ2n) is 4.72. The molecule has 3 rings (SSSR count). The molecule has 20 heavy (non-hydrogen) atoms. The molecule has 0 fully saturated rings. The molecule has 0 amide bonds. The summed E-state index contributed by atoms with van der Waals surface area (Å²) in [7, 11) is 0. The van der Waals surface area contributed by atoms with Crippen molar-refractivity contribution < 1.29 is 0 Å². The first-order valence-electron chi connectivity index (χ1n) is 6.42.